The third kappa shape index (κ3) is 3.11. The van der Waals surface area contributed by atoms with Crippen LogP contribution in [0.3, 0.4) is 0 Å². The SMILES string of the molecule is N/C(=N\OC(=O)C1CC1c1ccccc1)c1ccccc1. The first-order valence-electron chi connectivity index (χ1n) is 6.90. The second-order valence-corrected chi connectivity index (χ2v) is 5.11. The average Bonchev–Trinajstić information content (AvgIpc) is 3.35. The summed E-state index contributed by atoms with van der Waals surface area (Å²) < 4.78 is 0. The lowest BCUT2D eigenvalue weighted by Crippen LogP contribution is -2.15. The Morgan fingerprint density at radius 3 is 2.33 bits per heavy atom. The van der Waals surface area contributed by atoms with E-state index in [1.165, 1.54) is 5.56 Å². The summed E-state index contributed by atoms with van der Waals surface area (Å²) in [5.41, 5.74) is 7.69. The monoisotopic (exact) mass is 280 g/mol. The Labute approximate surface area is 123 Å². The molecule has 2 atom stereocenters. The lowest BCUT2D eigenvalue weighted by molar-refractivity contribution is -0.145. The van der Waals surface area contributed by atoms with Gasteiger partial charge in [0.05, 0.1) is 5.92 Å². The van der Waals surface area contributed by atoms with E-state index < -0.39 is 0 Å². The number of hydrogen-bond acceptors (Lipinski definition) is 3. The zero-order valence-electron chi connectivity index (χ0n) is 11.5. The molecule has 2 aromatic carbocycles. The van der Waals surface area contributed by atoms with Crippen LogP contribution in [0.2, 0.25) is 0 Å². The lowest BCUT2D eigenvalue weighted by atomic mass is 10.1. The van der Waals surface area contributed by atoms with Crippen LogP contribution in [-0.2, 0) is 9.63 Å². The van der Waals surface area contributed by atoms with E-state index in [-0.39, 0.29) is 23.6 Å². The predicted molar refractivity (Wildman–Crippen MR) is 80.5 cm³/mol. The average molecular weight is 280 g/mol. The molecule has 0 amide bonds. The summed E-state index contributed by atoms with van der Waals surface area (Å²) in [4.78, 5) is 16.9. The molecule has 1 aliphatic carbocycles. The number of rotatable bonds is 4. The molecule has 3 rings (SSSR count). The Kier molecular flexibility index (Phi) is 3.69. The van der Waals surface area contributed by atoms with Gasteiger partial charge in [0, 0.05) is 5.56 Å². The molecule has 0 aliphatic heterocycles. The van der Waals surface area contributed by atoms with Crippen LogP contribution in [0.5, 0.6) is 0 Å². The van der Waals surface area contributed by atoms with Crippen molar-refractivity contribution in [2.75, 3.05) is 0 Å². The molecule has 0 heterocycles. The van der Waals surface area contributed by atoms with Gasteiger partial charge in [0.25, 0.3) is 0 Å². The van der Waals surface area contributed by atoms with E-state index in [2.05, 4.69) is 5.16 Å². The highest BCUT2D eigenvalue weighted by molar-refractivity contribution is 5.97. The molecule has 0 aromatic heterocycles. The van der Waals surface area contributed by atoms with Crippen molar-refractivity contribution in [1.29, 1.82) is 0 Å². The standard InChI is InChI=1S/C17H16N2O2/c18-16(13-9-5-2-6-10-13)19-21-17(20)15-11-14(15)12-7-3-1-4-8-12/h1-10,14-15H,11H2,(H2,18,19). The van der Waals surface area contributed by atoms with Gasteiger partial charge >= 0.3 is 5.97 Å². The van der Waals surface area contributed by atoms with Gasteiger partial charge < -0.3 is 10.6 Å². The van der Waals surface area contributed by atoms with Crippen LogP contribution in [0.25, 0.3) is 0 Å². The molecule has 106 valence electrons. The molecule has 0 bridgehead atoms. The number of nitrogens with two attached hydrogens (primary N) is 1. The molecular formula is C17H16N2O2. The first-order valence-corrected chi connectivity index (χ1v) is 6.90. The third-order valence-corrected chi connectivity index (χ3v) is 3.62. The van der Waals surface area contributed by atoms with E-state index >= 15 is 0 Å². The molecular weight excluding hydrogens is 264 g/mol. The van der Waals surface area contributed by atoms with Gasteiger partial charge in [-0.15, -0.1) is 0 Å². The van der Waals surface area contributed by atoms with Crippen LogP contribution in [-0.4, -0.2) is 11.8 Å². The van der Waals surface area contributed by atoms with E-state index in [4.69, 9.17) is 10.6 Å². The molecule has 0 radical (unpaired) electrons. The van der Waals surface area contributed by atoms with Crippen LogP contribution in [0.1, 0.15) is 23.5 Å². The van der Waals surface area contributed by atoms with Crippen LogP contribution in [0.15, 0.2) is 65.8 Å². The molecule has 1 fully saturated rings. The Morgan fingerprint density at radius 1 is 1.05 bits per heavy atom. The number of benzene rings is 2. The minimum Gasteiger partial charge on any atom is -0.380 e. The van der Waals surface area contributed by atoms with Crippen LogP contribution in [0.4, 0.5) is 0 Å². The molecule has 4 nitrogen and oxygen atoms in total. The highest BCUT2D eigenvalue weighted by Gasteiger charge is 2.45. The Hall–Kier alpha value is -2.62. The first-order chi connectivity index (χ1) is 10.3. The second kappa shape index (κ2) is 5.79. The number of carbonyl (C=O) groups is 1. The minimum absolute atomic E-state index is 0.111. The Bertz CT molecular complexity index is 653. The number of carbonyl (C=O) groups excluding carboxylic acids is 1. The third-order valence-electron chi connectivity index (χ3n) is 3.62. The minimum atomic E-state index is -0.317. The van der Waals surface area contributed by atoms with Gasteiger partial charge in [-0.1, -0.05) is 65.8 Å². The van der Waals surface area contributed by atoms with Crippen molar-refractivity contribution in [3.05, 3.63) is 71.8 Å². The number of nitrogens with zero attached hydrogens (tertiary/aromatic N) is 1. The normalized spacial score (nSPS) is 20.9. The fourth-order valence-electron chi connectivity index (χ4n) is 2.35. The van der Waals surface area contributed by atoms with E-state index in [0.29, 0.717) is 0 Å². The molecule has 0 saturated heterocycles. The van der Waals surface area contributed by atoms with Gasteiger partial charge in [-0.2, -0.15) is 0 Å². The smallest absolute Gasteiger partial charge is 0.338 e. The maximum atomic E-state index is 11.9. The van der Waals surface area contributed by atoms with Crippen molar-refractivity contribution >= 4 is 11.8 Å². The van der Waals surface area contributed by atoms with Gasteiger partial charge in [-0.25, -0.2) is 4.79 Å². The van der Waals surface area contributed by atoms with E-state index in [9.17, 15) is 4.79 Å². The topological polar surface area (TPSA) is 64.7 Å². The summed E-state index contributed by atoms with van der Waals surface area (Å²) in [6.07, 6.45) is 0.809. The van der Waals surface area contributed by atoms with Crippen molar-refractivity contribution in [2.45, 2.75) is 12.3 Å². The van der Waals surface area contributed by atoms with Crippen molar-refractivity contribution < 1.29 is 9.63 Å². The maximum Gasteiger partial charge on any atom is 0.338 e. The summed E-state index contributed by atoms with van der Waals surface area (Å²) in [6.45, 7) is 0. The maximum absolute atomic E-state index is 11.9. The summed E-state index contributed by atoms with van der Waals surface area (Å²) in [5, 5.41) is 3.73. The molecule has 2 N–H and O–H groups in total. The van der Waals surface area contributed by atoms with Crippen molar-refractivity contribution in [3.63, 3.8) is 0 Å². The lowest BCUT2D eigenvalue weighted by Gasteiger charge is -2.01. The van der Waals surface area contributed by atoms with Crippen LogP contribution in [0, 0.1) is 5.92 Å². The van der Waals surface area contributed by atoms with Gasteiger partial charge in [0.2, 0.25) is 0 Å². The summed E-state index contributed by atoms with van der Waals surface area (Å²) in [5.74, 6) is 0.0233. The molecule has 2 aromatic rings. The van der Waals surface area contributed by atoms with Gasteiger partial charge in [0.1, 0.15) is 0 Å². The Balaban J connectivity index is 1.59. The first kappa shape index (κ1) is 13.4. The molecule has 21 heavy (non-hydrogen) atoms. The van der Waals surface area contributed by atoms with E-state index in [1.807, 2.05) is 60.7 Å². The zero-order valence-corrected chi connectivity index (χ0v) is 11.5. The Morgan fingerprint density at radius 2 is 1.67 bits per heavy atom. The van der Waals surface area contributed by atoms with Crippen LogP contribution >= 0.6 is 0 Å². The predicted octanol–water partition coefficient (Wildman–Crippen LogP) is 2.65. The molecule has 0 spiro atoms. The summed E-state index contributed by atoms with van der Waals surface area (Å²) in [6, 6.07) is 19.2. The number of hydrogen-bond donors (Lipinski definition) is 1. The van der Waals surface area contributed by atoms with Gasteiger partial charge in [0.15, 0.2) is 5.84 Å². The van der Waals surface area contributed by atoms with Crippen molar-refractivity contribution in [2.24, 2.45) is 16.8 Å². The second-order valence-electron chi connectivity index (χ2n) is 5.11. The van der Waals surface area contributed by atoms with E-state index in [1.54, 1.807) is 0 Å². The van der Waals surface area contributed by atoms with Gasteiger partial charge in [-0.05, 0) is 17.9 Å². The fraction of sp³-hybridized carbons (Fsp3) is 0.176. The molecule has 4 heteroatoms. The number of oxime groups is 1. The quantitative estimate of drug-likeness (QED) is 0.405. The van der Waals surface area contributed by atoms with E-state index in [0.717, 1.165) is 12.0 Å². The highest BCUT2D eigenvalue weighted by atomic mass is 16.7. The molecule has 1 aliphatic rings. The highest BCUT2D eigenvalue weighted by Crippen LogP contribution is 2.48. The molecule has 2 unspecified atom stereocenters. The zero-order chi connectivity index (χ0) is 14.7. The van der Waals surface area contributed by atoms with Crippen molar-refractivity contribution in [1.82, 2.24) is 0 Å². The summed E-state index contributed by atoms with van der Waals surface area (Å²) in [7, 11) is 0. The number of amidine groups is 1. The molecule has 1 saturated carbocycles. The fourth-order valence-corrected chi connectivity index (χ4v) is 2.35. The largest absolute Gasteiger partial charge is 0.380 e. The summed E-state index contributed by atoms with van der Waals surface area (Å²) >= 11 is 0. The van der Waals surface area contributed by atoms with Crippen molar-refractivity contribution in [3.8, 4) is 0 Å². The van der Waals surface area contributed by atoms with Crippen LogP contribution < -0.4 is 5.73 Å². The van der Waals surface area contributed by atoms with Gasteiger partial charge in [-0.3, -0.25) is 0 Å².